The lowest BCUT2D eigenvalue weighted by molar-refractivity contribution is -0.137. The van der Waals surface area contributed by atoms with Gasteiger partial charge in [-0.2, -0.15) is 13.2 Å². The van der Waals surface area contributed by atoms with Crippen molar-refractivity contribution in [3.05, 3.63) is 22.3 Å². The van der Waals surface area contributed by atoms with Gasteiger partial charge >= 0.3 is 6.18 Å². The Kier molecular flexibility index (Phi) is 5.92. The molecule has 0 aliphatic carbocycles. The average molecular weight is 360 g/mol. The number of hydrogen-bond acceptors (Lipinski definition) is 2. The molecule has 19 heavy (non-hydrogen) atoms. The highest BCUT2D eigenvalue weighted by Crippen LogP contribution is 2.35. The van der Waals surface area contributed by atoms with Crippen LogP contribution in [0.5, 0.6) is 0 Å². The quantitative estimate of drug-likeness (QED) is 0.754. The van der Waals surface area contributed by atoms with E-state index >= 15 is 0 Å². The van der Waals surface area contributed by atoms with Crippen LogP contribution < -0.4 is 5.32 Å². The van der Waals surface area contributed by atoms with Crippen molar-refractivity contribution in [1.82, 2.24) is 4.98 Å². The number of hydrogen-bond donors (Lipinski definition) is 1. The van der Waals surface area contributed by atoms with Gasteiger partial charge in [-0.25, -0.2) is 4.98 Å². The van der Waals surface area contributed by atoms with Gasteiger partial charge in [0.15, 0.2) is 0 Å². The van der Waals surface area contributed by atoms with Gasteiger partial charge in [-0.1, -0.05) is 13.8 Å². The van der Waals surface area contributed by atoms with E-state index in [1.54, 1.807) is 0 Å². The maximum Gasteiger partial charge on any atom is 0.419 e. The molecule has 0 radical (unpaired) electrons. The summed E-state index contributed by atoms with van der Waals surface area (Å²) in [5, 5.41) is 2.44. The predicted molar refractivity (Wildman–Crippen MR) is 74.5 cm³/mol. The standard InChI is InChI=1S/C12H15BrClF3N2/c1-7(2)3-9(14)6-19-11-10(12(15,16)17)4-8(13)5-18-11/h4-5,7,9H,3,6H2,1-2H3,(H,18,19). The fourth-order valence-corrected chi connectivity index (χ4v) is 2.36. The molecule has 0 saturated carbocycles. The first kappa shape index (κ1) is 16.6. The van der Waals surface area contributed by atoms with Crippen LogP contribution in [0.4, 0.5) is 19.0 Å². The molecule has 1 N–H and O–H groups in total. The highest BCUT2D eigenvalue weighted by atomic mass is 79.9. The van der Waals surface area contributed by atoms with Crippen molar-refractivity contribution >= 4 is 33.3 Å². The molecule has 1 atom stereocenters. The summed E-state index contributed by atoms with van der Waals surface area (Å²) in [7, 11) is 0. The van der Waals surface area contributed by atoms with E-state index in [-0.39, 0.29) is 22.2 Å². The SMILES string of the molecule is CC(C)CC(Cl)CNc1ncc(Br)cc1C(F)(F)F. The molecule has 1 unspecified atom stereocenters. The van der Waals surface area contributed by atoms with E-state index in [0.717, 1.165) is 12.5 Å². The Morgan fingerprint density at radius 1 is 1.42 bits per heavy atom. The van der Waals surface area contributed by atoms with Gasteiger partial charge in [0, 0.05) is 17.2 Å². The van der Waals surface area contributed by atoms with Crippen LogP contribution in [0, 0.1) is 5.92 Å². The van der Waals surface area contributed by atoms with Crippen molar-refractivity contribution < 1.29 is 13.2 Å². The van der Waals surface area contributed by atoms with Crippen molar-refractivity contribution in [3.8, 4) is 0 Å². The Morgan fingerprint density at radius 3 is 2.58 bits per heavy atom. The van der Waals surface area contributed by atoms with Gasteiger partial charge in [-0.05, 0) is 34.3 Å². The van der Waals surface area contributed by atoms with E-state index in [0.29, 0.717) is 5.92 Å². The zero-order valence-electron chi connectivity index (χ0n) is 10.6. The molecule has 1 aromatic heterocycles. The van der Waals surface area contributed by atoms with E-state index in [2.05, 4.69) is 26.2 Å². The molecule has 0 fully saturated rings. The fourth-order valence-electron chi connectivity index (χ4n) is 1.60. The van der Waals surface area contributed by atoms with Crippen LogP contribution in [-0.4, -0.2) is 16.9 Å². The van der Waals surface area contributed by atoms with E-state index in [1.807, 2.05) is 13.8 Å². The van der Waals surface area contributed by atoms with Gasteiger partial charge in [0.2, 0.25) is 0 Å². The third kappa shape index (κ3) is 5.57. The number of nitrogens with one attached hydrogen (secondary N) is 1. The minimum absolute atomic E-state index is 0.190. The molecule has 0 spiro atoms. The third-order valence-corrected chi connectivity index (χ3v) is 3.14. The molecule has 1 rings (SSSR count). The fraction of sp³-hybridized carbons (Fsp3) is 0.583. The lowest BCUT2D eigenvalue weighted by atomic mass is 10.1. The Morgan fingerprint density at radius 2 is 2.05 bits per heavy atom. The number of halogens is 5. The second kappa shape index (κ2) is 6.79. The lowest BCUT2D eigenvalue weighted by Crippen LogP contribution is -2.19. The Balaban J connectivity index is 2.78. The molecule has 0 amide bonds. The molecule has 7 heteroatoms. The molecule has 1 heterocycles. The summed E-state index contributed by atoms with van der Waals surface area (Å²) in [5.74, 6) is 0.203. The predicted octanol–water partition coefficient (Wildman–Crippen LogP) is 4.93. The van der Waals surface area contributed by atoms with Crippen LogP contribution in [-0.2, 0) is 6.18 Å². The highest BCUT2D eigenvalue weighted by Gasteiger charge is 2.34. The van der Waals surface area contributed by atoms with Gasteiger partial charge in [0.25, 0.3) is 0 Å². The van der Waals surface area contributed by atoms with Crippen molar-refractivity contribution in [2.75, 3.05) is 11.9 Å². The van der Waals surface area contributed by atoms with Crippen LogP contribution in [0.1, 0.15) is 25.8 Å². The zero-order chi connectivity index (χ0) is 14.6. The Hall–Kier alpha value is -0.490. The van der Waals surface area contributed by atoms with E-state index < -0.39 is 11.7 Å². The largest absolute Gasteiger partial charge is 0.419 e. The van der Waals surface area contributed by atoms with Gasteiger partial charge in [0.1, 0.15) is 5.82 Å². The third-order valence-electron chi connectivity index (χ3n) is 2.38. The maximum absolute atomic E-state index is 12.8. The summed E-state index contributed by atoms with van der Waals surface area (Å²) in [6.45, 7) is 4.26. The summed E-state index contributed by atoms with van der Waals surface area (Å²) in [6, 6.07) is 1.00. The van der Waals surface area contributed by atoms with Gasteiger partial charge in [0.05, 0.1) is 10.9 Å². The summed E-state index contributed by atoms with van der Waals surface area (Å²) in [5.41, 5.74) is -0.796. The van der Waals surface area contributed by atoms with Gasteiger partial charge < -0.3 is 5.32 Å². The monoisotopic (exact) mass is 358 g/mol. The van der Waals surface area contributed by atoms with Crippen LogP contribution in [0.25, 0.3) is 0 Å². The van der Waals surface area contributed by atoms with Crippen molar-refractivity contribution in [2.24, 2.45) is 5.92 Å². The summed E-state index contributed by atoms with van der Waals surface area (Å²) >= 11 is 9.03. The molecule has 0 aliphatic heterocycles. The number of rotatable bonds is 5. The second-order valence-corrected chi connectivity index (χ2v) is 6.19. The van der Waals surface area contributed by atoms with E-state index in [4.69, 9.17) is 11.6 Å². The topological polar surface area (TPSA) is 24.9 Å². The zero-order valence-corrected chi connectivity index (χ0v) is 12.9. The van der Waals surface area contributed by atoms with Crippen LogP contribution in [0.2, 0.25) is 0 Å². The normalized spacial score (nSPS) is 13.7. The number of anilines is 1. The smallest absolute Gasteiger partial charge is 0.368 e. The lowest BCUT2D eigenvalue weighted by Gasteiger charge is -2.16. The number of alkyl halides is 4. The molecule has 2 nitrogen and oxygen atoms in total. The molecule has 0 bridgehead atoms. The van der Waals surface area contributed by atoms with Crippen LogP contribution in [0.3, 0.4) is 0 Å². The molecule has 0 aromatic carbocycles. The highest BCUT2D eigenvalue weighted by molar-refractivity contribution is 9.10. The van der Waals surface area contributed by atoms with Gasteiger partial charge in [-0.15, -0.1) is 11.6 Å². The van der Waals surface area contributed by atoms with Crippen molar-refractivity contribution in [3.63, 3.8) is 0 Å². The summed E-state index contributed by atoms with van der Waals surface area (Å²) in [4.78, 5) is 3.76. The molecular formula is C12H15BrClF3N2. The number of aromatic nitrogens is 1. The second-order valence-electron chi connectivity index (χ2n) is 4.66. The first-order chi connectivity index (χ1) is 8.70. The Bertz CT molecular complexity index is 424. The van der Waals surface area contributed by atoms with Crippen LogP contribution in [0.15, 0.2) is 16.7 Å². The molecule has 1 aromatic rings. The minimum atomic E-state index is -4.45. The average Bonchev–Trinajstić information content (AvgIpc) is 2.25. The molecule has 0 saturated heterocycles. The van der Waals surface area contributed by atoms with Gasteiger partial charge in [-0.3, -0.25) is 0 Å². The van der Waals surface area contributed by atoms with Crippen molar-refractivity contribution in [1.29, 1.82) is 0 Å². The minimum Gasteiger partial charge on any atom is -0.368 e. The number of pyridine rings is 1. The Labute approximate surface area is 123 Å². The summed E-state index contributed by atoms with van der Waals surface area (Å²) in [6.07, 6.45) is -2.39. The molecular weight excluding hydrogens is 344 g/mol. The van der Waals surface area contributed by atoms with E-state index in [1.165, 1.54) is 6.20 Å². The number of nitrogens with zero attached hydrogens (tertiary/aromatic N) is 1. The molecule has 108 valence electrons. The summed E-state index contributed by atoms with van der Waals surface area (Å²) < 4.78 is 38.8. The van der Waals surface area contributed by atoms with E-state index in [9.17, 15) is 13.2 Å². The maximum atomic E-state index is 12.8. The van der Waals surface area contributed by atoms with Crippen molar-refractivity contribution in [2.45, 2.75) is 31.8 Å². The van der Waals surface area contributed by atoms with Crippen LogP contribution >= 0.6 is 27.5 Å². The first-order valence-electron chi connectivity index (χ1n) is 5.80. The molecule has 0 aliphatic rings. The first-order valence-corrected chi connectivity index (χ1v) is 7.03.